The lowest BCUT2D eigenvalue weighted by Gasteiger charge is -2.36. The summed E-state index contributed by atoms with van der Waals surface area (Å²) in [7, 11) is 1.75. The molecule has 0 amide bonds. The molecular weight excluding hydrogens is 238 g/mol. The van der Waals surface area contributed by atoms with Crippen molar-refractivity contribution in [1.82, 2.24) is 0 Å². The van der Waals surface area contributed by atoms with Gasteiger partial charge in [0.1, 0.15) is 5.75 Å². The standard InChI is InChI=1S/C16H25NO2/c1-4-16(2,18-3)15(17)11-12-9-10-19-14-8-6-5-7-13(12)14/h5-8,12,15H,4,9-11,17H2,1-3H3. The molecule has 0 spiro atoms. The van der Waals surface area contributed by atoms with Gasteiger partial charge >= 0.3 is 0 Å². The van der Waals surface area contributed by atoms with Gasteiger partial charge < -0.3 is 15.2 Å². The number of fused-ring (bicyclic) bond motifs is 1. The summed E-state index contributed by atoms with van der Waals surface area (Å²) < 4.78 is 11.3. The average molecular weight is 263 g/mol. The van der Waals surface area contributed by atoms with E-state index in [1.54, 1.807) is 7.11 Å². The first kappa shape index (κ1) is 14.4. The maximum Gasteiger partial charge on any atom is 0.122 e. The second-order valence-corrected chi connectivity index (χ2v) is 5.58. The molecule has 1 aliphatic rings. The molecule has 2 N–H and O–H groups in total. The maximum atomic E-state index is 6.40. The second kappa shape index (κ2) is 5.93. The molecule has 3 heteroatoms. The zero-order valence-corrected chi connectivity index (χ0v) is 12.2. The van der Waals surface area contributed by atoms with Crippen molar-refractivity contribution in [2.45, 2.75) is 50.7 Å². The molecule has 1 aromatic rings. The van der Waals surface area contributed by atoms with Gasteiger partial charge in [-0.15, -0.1) is 0 Å². The lowest BCUT2D eigenvalue weighted by atomic mass is 9.81. The first-order valence-corrected chi connectivity index (χ1v) is 7.13. The van der Waals surface area contributed by atoms with Gasteiger partial charge in [0.2, 0.25) is 0 Å². The van der Waals surface area contributed by atoms with Crippen LogP contribution < -0.4 is 10.5 Å². The van der Waals surface area contributed by atoms with Crippen molar-refractivity contribution >= 4 is 0 Å². The SMILES string of the molecule is CCC(C)(OC)C(N)CC1CCOc2ccccc21. The fourth-order valence-corrected chi connectivity index (χ4v) is 2.77. The van der Waals surface area contributed by atoms with Crippen LogP contribution in [0.4, 0.5) is 0 Å². The molecule has 19 heavy (non-hydrogen) atoms. The van der Waals surface area contributed by atoms with Crippen LogP contribution in [0.25, 0.3) is 0 Å². The van der Waals surface area contributed by atoms with Gasteiger partial charge in [-0.3, -0.25) is 0 Å². The number of benzene rings is 1. The Bertz CT molecular complexity index is 415. The molecule has 3 unspecified atom stereocenters. The van der Waals surface area contributed by atoms with Crippen molar-refractivity contribution < 1.29 is 9.47 Å². The van der Waals surface area contributed by atoms with Crippen LogP contribution in [0.2, 0.25) is 0 Å². The molecule has 0 aliphatic carbocycles. The Morgan fingerprint density at radius 3 is 2.89 bits per heavy atom. The highest BCUT2D eigenvalue weighted by Crippen LogP contribution is 2.37. The van der Waals surface area contributed by atoms with Crippen LogP contribution in [0.3, 0.4) is 0 Å². The molecule has 0 saturated carbocycles. The minimum Gasteiger partial charge on any atom is -0.493 e. The van der Waals surface area contributed by atoms with Crippen molar-refractivity contribution in [3.05, 3.63) is 29.8 Å². The molecule has 106 valence electrons. The molecule has 0 bridgehead atoms. The summed E-state index contributed by atoms with van der Waals surface area (Å²) in [5.74, 6) is 1.49. The zero-order valence-electron chi connectivity index (χ0n) is 12.2. The van der Waals surface area contributed by atoms with E-state index < -0.39 is 0 Å². The summed E-state index contributed by atoms with van der Waals surface area (Å²) in [6, 6.07) is 8.33. The van der Waals surface area contributed by atoms with Gasteiger partial charge in [0.15, 0.2) is 0 Å². The highest BCUT2D eigenvalue weighted by molar-refractivity contribution is 5.37. The molecular formula is C16H25NO2. The number of methoxy groups -OCH3 is 1. The minimum absolute atomic E-state index is 0.0404. The lowest BCUT2D eigenvalue weighted by Crippen LogP contribution is -2.47. The van der Waals surface area contributed by atoms with Gasteiger partial charge in [-0.25, -0.2) is 0 Å². The highest BCUT2D eigenvalue weighted by atomic mass is 16.5. The topological polar surface area (TPSA) is 44.5 Å². The average Bonchev–Trinajstić information content (AvgIpc) is 2.46. The summed E-state index contributed by atoms with van der Waals surface area (Å²) in [6.45, 7) is 5.01. The maximum absolute atomic E-state index is 6.40. The quantitative estimate of drug-likeness (QED) is 0.888. The molecule has 3 atom stereocenters. The van der Waals surface area contributed by atoms with E-state index in [4.69, 9.17) is 15.2 Å². The third-order valence-corrected chi connectivity index (χ3v) is 4.57. The van der Waals surface area contributed by atoms with Crippen LogP contribution in [0.5, 0.6) is 5.75 Å². The molecule has 1 aromatic carbocycles. The van der Waals surface area contributed by atoms with Crippen LogP contribution in [0, 0.1) is 0 Å². The Labute approximate surface area is 116 Å². The fourth-order valence-electron chi connectivity index (χ4n) is 2.77. The number of ether oxygens (including phenoxy) is 2. The first-order valence-electron chi connectivity index (χ1n) is 7.13. The largest absolute Gasteiger partial charge is 0.493 e. The molecule has 0 radical (unpaired) electrons. The first-order chi connectivity index (χ1) is 9.10. The van der Waals surface area contributed by atoms with E-state index >= 15 is 0 Å². The Kier molecular flexibility index (Phi) is 4.48. The normalized spacial score (nSPS) is 23.1. The van der Waals surface area contributed by atoms with E-state index in [0.29, 0.717) is 5.92 Å². The third-order valence-electron chi connectivity index (χ3n) is 4.57. The molecule has 2 rings (SSSR count). The predicted molar refractivity (Wildman–Crippen MR) is 77.6 cm³/mol. The summed E-state index contributed by atoms with van der Waals surface area (Å²) in [4.78, 5) is 0. The van der Waals surface area contributed by atoms with E-state index in [1.165, 1.54) is 5.56 Å². The molecule has 0 saturated heterocycles. The number of hydrogen-bond acceptors (Lipinski definition) is 3. The Morgan fingerprint density at radius 1 is 1.47 bits per heavy atom. The van der Waals surface area contributed by atoms with Crippen LogP contribution in [-0.2, 0) is 4.74 Å². The molecule has 1 aliphatic heterocycles. The van der Waals surface area contributed by atoms with Gasteiger partial charge in [-0.05, 0) is 43.7 Å². The van der Waals surface area contributed by atoms with Gasteiger partial charge in [-0.1, -0.05) is 25.1 Å². The van der Waals surface area contributed by atoms with Crippen molar-refractivity contribution in [2.24, 2.45) is 5.73 Å². The second-order valence-electron chi connectivity index (χ2n) is 5.58. The Balaban J connectivity index is 2.12. The summed E-state index contributed by atoms with van der Waals surface area (Å²) in [5.41, 5.74) is 7.44. The van der Waals surface area contributed by atoms with E-state index in [0.717, 1.165) is 31.6 Å². The number of hydrogen-bond donors (Lipinski definition) is 1. The fraction of sp³-hybridized carbons (Fsp3) is 0.625. The van der Waals surface area contributed by atoms with E-state index in [1.807, 2.05) is 12.1 Å². The zero-order chi connectivity index (χ0) is 13.9. The van der Waals surface area contributed by atoms with Gasteiger partial charge in [-0.2, -0.15) is 0 Å². The Morgan fingerprint density at radius 2 is 2.21 bits per heavy atom. The lowest BCUT2D eigenvalue weighted by molar-refractivity contribution is -0.0229. The van der Waals surface area contributed by atoms with Crippen molar-refractivity contribution in [3.63, 3.8) is 0 Å². The number of para-hydroxylation sites is 1. The summed E-state index contributed by atoms with van der Waals surface area (Å²) >= 11 is 0. The molecule has 1 heterocycles. The van der Waals surface area contributed by atoms with E-state index in [9.17, 15) is 0 Å². The van der Waals surface area contributed by atoms with Gasteiger partial charge in [0.25, 0.3) is 0 Å². The monoisotopic (exact) mass is 263 g/mol. The van der Waals surface area contributed by atoms with Crippen molar-refractivity contribution in [2.75, 3.05) is 13.7 Å². The number of nitrogens with two attached hydrogens (primary N) is 1. The van der Waals surface area contributed by atoms with E-state index in [2.05, 4.69) is 26.0 Å². The van der Waals surface area contributed by atoms with E-state index in [-0.39, 0.29) is 11.6 Å². The summed E-state index contributed by atoms with van der Waals surface area (Å²) in [5, 5.41) is 0. The number of rotatable bonds is 5. The van der Waals surface area contributed by atoms with Gasteiger partial charge in [0.05, 0.1) is 12.2 Å². The Hall–Kier alpha value is -1.06. The minimum atomic E-state index is -0.243. The smallest absolute Gasteiger partial charge is 0.122 e. The van der Waals surface area contributed by atoms with Crippen LogP contribution in [0.15, 0.2) is 24.3 Å². The molecule has 0 aromatic heterocycles. The van der Waals surface area contributed by atoms with Crippen LogP contribution >= 0.6 is 0 Å². The van der Waals surface area contributed by atoms with Gasteiger partial charge in [0, 0.05) is 13.2 Å². The summed E-state index contributed by atoms with van der Waals surface area (Å²) in [6.07, 6.45) is 2.91. The highest BCUT2D eigenvalue weighted by Gasteiger charge is 2.33. The molecule has 0 fully saturated rings. The predicted octanol–water partition coefficient (Wildman–Crippen LogP) is 3.09. The van der Waals surface area contributed by atoms with Crippen molar-refractivity contribution in [3.8, 4) is 5.75 Å². The third kappa shape index (κ3) is 2.93. The molecule has 3 nitrogen and oxygen atoms in total. The van der Waals surface area contributed by atoms with Crippen LogP contribution in [0.1, 0.15) is 44.6 Å². The van der Waals surface area contributed by atoms with Crippen molar-refractivity contribution in [1.29, 1.82) is 0 Å². The van der Waals surface area contributed by atoms with Crippen LogP contribution in [-0.4, -0.2) is 25.4 Å².